The van der Waals surface area contributed by atoms with Crippen LogP contribution in [-0.2, 0) is 0 Å². The minimum atomic E-state index is -0.993. The van der Waals surface area contributed by atoms with Crippen LogP contribution in [0, 0.1) is 11.1 Å². The first kappa shape index (κ1) is 16.5. The molecule has 9 nitrogen and oxygen atoms in total. The molecule has 2 heterocycles. The molecule has 3 rings (SSSR count). The van der Waals surface area contributed by atoms with Crippen LogP contribution in [0.5, 0.6) is 0 Å². The first-order valence-electron chi connectivity index (χ1n) is 7.71. The number of fused-ring (bicyclic) bond motifs is 1. The van der Waals surface area contributed by atoms with Gasteiger partial charge in [0.25, 0.3) is 0 Å². The molecule has 0 aliphatic carbocycles. The SMILES string of the molecule is C[C@H]1NC(=O)N(C)[C@@H]2NC(=O)N(C)C(c3ccc([NH+]([O-])O)cc3)[C@H]21. The second-order valence-electron chi connectivity index (χ2n) is 6.30. The Morgan fingerprint density at radius 1 is 1.08 bits per heavy atom. The summed E-state index contributed by atoms with van der Waals surface area (Å²) in [5.41, 5.74) is 1.03. The number of nitrogens with one attached hydrogen (secondary N) is 3. The Labute approximate surface area is 139 Å². The summed E-state index contributed by atoms with van der Waals surface area (Å²) in [7, 11) is 3.35. The van der Waals surface area contributed by atoms with E-state index in [4.69, 9.17) is 5.21 Å². The zero-order valence-electron chi connectivity index (χ0n) is 13.7. The van der Waals surface area contributed by atoms with Gasteiger partial charge in [-0.25, -0.2) is 14.8 Å². The smallest absolute Gasteiger partial charge is 0.319 e. The number of amides is 4. The van der Waals surface area contributed by atoms with Gasteiger partial charge in [0.2, 0.25) is 0 Å². The second kappa shape index (κ2) is 5.93. The van der Waals surface area contributed by atoms with E-state index in [1.54, 1.807) is 31.1 Å². The number of urea groups is 2. The summed E-state index contributed by atoms with van der Waals surface area (Å²) < 4.78 is 0. The van der Waals surface area contributed by atoms with Crippen LogP contribution in [0.4, 0.5) is 15.3 Å². The van der Waals surface area contributed by atoms with Crippen molar-refractivity contribution in [2.75, 3.05) is 14.1 Å². The molecule has 0 saturated carbocycles. The van der Waals surface area contributed by atoms with Crippen molar-refractivity contribution in [1.82, 2.24) is 20.4 Å². The fraction of sp³-hybridized carbons (Fsp3) is 0.467. The lowest BCUT2D eigenvalue weighted by Gasteiger charge is -2.52. The number of nitrogens with zero attached hydrogens (tertiary/aromatic N) is 2. The van der Waals surface area contributed by atoms with Crippen LogP contribution in [0.2, 0.25) is 0 Å². The van der Waals surface area contributed by atoms with Gasteiger partial charge in [0.05, 0.1) is 6.04 Å². The number of carbonyl (C=O) groups is 2. The molecule has 0 aromatic heterocycles. The maximum atomic E-state index is 12.3. The summed E-state index contributed by atoms with van der Waals surface area (Å²) in [6.45, 7) is 1.91. The van der Waals surface area contributed by atoms with Gasteiger partial charge in [0, 0.05) is 38.2 Å². The highest BCUT2D eigenvalue weighted by Gasteiger charge is 2.49. The van der Waals surface area contributed by atoms with Crippen molar-refractivity contribution >= 4 is 17.7 Å². The third-order valence-electron chi connectivity index (χ3n) is 4.90. The van der Waals surface area contributed by atoms with E-state index in [0.29, 0.717) is 0 Å². The third kappa shape index (κ3) is 2.56. The summed E-state index contributed by atoms with van der Waals surface area (Å²) in [5, 5.41) is 24.9. The molecule has 24 heavy (non-hydrogen) atoms. The largest absolute Gasteiger partial charge is 0.595 e. The van der Waals surface area contributed by atoms with Crippen molar-refractivity contribution in [3.05, 3.63) is 35.0 Å². The van der Waals surface area contributed by atoms with Crippen molar-refractivity contribution < 1.29 is 20.0 Å². The molecule has 1 aromatic rings. The molecule has 9 heteroatoms. The normalized spacial score (nSPS) is 31.2. The van der Waals surface area contributed by atoms with Crippen LogP contribution in [0.15, 0.2) is 24.3 Å². The van der Waals surface area contributed by atoms with Gasteiger partial charge in [-0.1, -0.05) is 12.1 Å². The fourth-order valence-electron chi connectivity index (χ4n) is 3.57. The van der Waals surface area contributed by atoms with Crippen molar-refractivity contribution in [3.8, 4) is 0 Å². The molecule has 5 atom stereocenters. The molecule has 2 unspecified atom stereocenters. The van der Waals surface area contributed by atoms with E-state index in [-0.39, 0.29) is 35.8 Å². The second-order valence-corrected chi connectivity index (χ2v) is 6.30. The first-order valence-corrected chi connectivity index (χ1v) is 7.71. The maximum absolute atomic E-state index is 12.3. The van der Waals surface area contributed by atoms with Crippen molar-refractivity contribution in [2.24, 2.45) is 5.92 Å². The molecule has 130 valence electrons. The summed E-state index contributed by atoms with van der Waals surface area (Å²) >= 11 is 0. The van der Waals surface area contributed by atoms with Gasteiger partial charge in [-0.3, -0.25) is 0 Å². The van der Waals surface area contributed by atoms with E-state index in [1.165, 1.54) is 17.0 Å². The maximum Gasteiger partial charge on any atom is 0.319 e. The minimum absolute atomic E-state index is 0.0777. The van der Waals surface area contributed by atoms with E-state index >= 15 is 0 Å². The zero-order valence-corrected chi connectivity index (χ0v) is 13.7. The highest BCUT2D eigenvalue weighted by atomic mass is 16.8. The van der Waals surface area contributed by atoms with E-state index in [2.05, 4.69) is 10.6 Å². The van der Waals surface area contributed by atoms with Crippen molar-refractivity contribution in [2.45, 2.75) is 25.2 Å². The van der Waals surface area contributed by atoms with Crippen molar-refractivity contribution in [1.29, 1.82) is 0 Å². The molecule has 4 amide bonds. The molecule has 0 spiro atoms. The van der Waals surface area contributed by atoms with Crippen LogP contribution in [0.3, 0.4) is 0 Å². The van der Waals surface area contributed by atoms with Crippen LogP contribution in [0.25, 0.3) is 0 Å². The Morgan fingerprint density at radius 2 is 1.67 bits per heavy atom. The third-order valence-corrected chi connectivity index (χ3v) is 4.90. The molecule has 2 aliphatic heterocycles. The summed E-state index contributed by atoms with van der Waals surface area (Å²) in [6.07, 6.45) is -0.415. The number of rotatable bonds is 2. The summed E-state index contributed by atoms with van der Waals surface area (Å²) in [6, 6.07) is 5.60. The van der Waals surface area contributed by atoms with Crippen molar-refractivity contribution in [3.63, 3.8) is 0 Å². The van der Waals surface area contributed by atoms with Gasteiger partial charge in [-0.05, 0) is 12.5 Å². The van der Waals surface area contributed by atoms with Crippen LogP contribution >= 0.6 is 0 Å². The average Bonchev–Trinajstić information content (AvgIpc) is 2.54. The van der Waals surface area contributed by atoms with Gasteiger partial charge in [-0.15, -0.1) is 0 Å². The molecule has 2 saturated heterocycles. The monoisotopic (exact) mass is 335 g/mol. The molecule has 2 aliphatic rings. The highest BCUT2D eigenvalue weighted by Crippen LogP contribution is 2.38. The lowest BCUT2D eigenvalue weighted by molar-refractivity contribution is -0.991. The Bertz CT molecular complexity index is 650. The summed E-state index contributed by atoms with van der Waals surface area (Å²) in [5.74, 6) is -0.0777. The number of quaternary nitrogens is 1. The van der Waals surface area contributed by atoms with Crippen LogP contribution in [-0.4, -0.2) is 53.4 Å². The lowest BCUT2D eigenvalue weighted by Crippen LogP contribution is -2.99. The van der Waals surface area contributed by atoms with Gasteiger partial charge in [0.1, 0.15) is 6.17 Å². The topological polar surface area (TPSA) is 112 Å². The molecule has 0 radical (unpaired) electrons. The van der Waals surface area contributed by atoms with E-state index < -0.39 is 11.4 Å². The Balaban J connectivity index is 1.99. The quantitative estimate of drug-likeness (QED) is 0.559. The molecular weight excluding hydrogens is 314 g/mol. The molecule has 2 fully saturated rings. The van der Waals surface area contributed by atoms with E-state index in [9.17, 15) is 14.8 Å². The highest BCUT2D eigenvalue weighted by molar-refractivity contribution is 5.80. The lowest BCUT2D eigenvalue weighted by atomic mass is 9.81. The Kier molecular flexibility index (Phi) is 4.08. The van der Waals surface area contributed by atoms with Crippen LogP contribution < -0.4 is 15.9 Å². The predicted molar refractivity (Wildman–Crippen MR) is 84.3 cm³/mol. The predicted octanol–water partition coefficient (Wildman–Crippen LogP) is -0.228. The Hall–Kier alpha value is -2.36. The molecule has 0 bridgehead atoms. The van der Waals surface area contributed by atoms with Gasteiger partial charge < -0.3 is 25.6 Å². The molecular formula is C15H21N5O4. The van der Waals surface area contributed by atoms with Gasteiger partial charge in [-0.2, -0.15) is 5.23 Å². The first-order chi connectivity index (χ1) is 11.3. The zero-order chi connectivity index (χ0) is 17.6. The fourth-order valence-corrected chi connectivity index (χ4v) is 3.57. The van der Waals surface area contributed by atoms with E-state index in [0.717, 1.165) is 5.56 Å². The molecule has 4 N–H and O–H groups in total. The number of hydrogen-bond donors (Lipinski definition) is 4. The minimum Gasteiger partial charge on any atom is -0.595 e. The number of hydrogen-bond acceptors (Lipinski definition) is 4. The number of carbonyl (C=O) groups excluding carboxylic acids is 2. The number of benzene rings is 1. The molecule has 1 aromatic carbocycles. The summed E-state index contributed by atoms with van der Waals surface area (Å²) in [4.78, 5) is 27.4. The Morgan fingerprint density at radius 3 is 2.25 bits per heavy atom. The average molecular weight is 335 g/mol. The van der Waals surface area contributed by atoms with Crippen LogP contribution in [0.1, 0.15) is 18.5 Å². The van der Waals surface area contributed by atoms with E-state index in [1.807, 2.05) is 6.92 Å². The van der Waals surface area contributed by atoms with Gasteiger partial charge in [0.15, 0.2) is 5.69 Å². The van der Waals surface area contributed by atoms with Gasteiger partial charge >= 0.3 is 12.1 Å². The standard InChI is InChI=1S/C15H21N5O4/c1-8-11-12(9-4-6-10(7-5-9)20(23)24)18(2)15(22)17-13(11)19(3)14(21)16-8/h4-8,11-13,20,23H,1-3H3,(H,16,21)(H,17,22)/t8-,11-,12?,13+/m1/s1.